The zero-order chi connectivity index (χ0) is 14.0. The summed E-state index contributed by atoms with van der Waals surface area (Å²) < 4.78 is 0. The van der Waals surface area contributed by atoms with Crippen molar-refractivity contribution in [1.29, 1.82) is 0 Å². The molecule has 3 aliphatic rings. The Hall–Kier alpha value is -0.570. The maximum Gasteiger partial charge on any atom is 0.226 e. The summed E-state index contributed by atoms with van der Waals surface area (Å²) in [5.74, 6) is 0.803. The van der Waals surface area contributed by atoms with Crippen molar-refractivity contribution in [2.45, 2.75) is 70.3 Å². The van der Waals surface area contributed by atoms with E-state index < -0.39 is 0 Å². The van der Waals surface area contributed by atoms with Gasteiger partial charge in [0.1, 0.15) is 0 Å². The van der Waals surface area contributed by atoms with Crippen molar-refractivity contribution in [1.82, 2.24) is 10.2 Å². The fraction of sp³-hybridized carbons (Fsp3) is 0.941. The third kappa shape index (κ3) is 2.88. The van der Waals surface area contributed by atoms with Crippen LogP contribution in [-0.4, -0.2) is 37.0 Å². The van der Waals surface area contributed by atoms with Crippen molar-refractivity contribution in [3.8, 4) is 0 Å². The van der Waals surface area contributed by atoms with Gasteiger partial charge in [0, 0.05) is 19.0 Å². The van der Waals surface area contributed by atoms with Gasteiger partial charge in [0.2, 0.25) is 5.91 Å². The molecule has 3 nitrogen and oxygen atoms in total. The predicted octanol–water partition coefficient (Wildman–Crippen LogP) is 2.95. The molecule has 0 bridgehead atoms. The number of amides is 1. The molecule has 1 saturated heterocycles. The second-order valence-electron chi connectivity index (χ2n) is 7.32. The number of hydrogen-bond donors (Lipinski definition) is 1. The zero-order valence-corrected chi connectivity index (χ0v) is 13.0. The first-order valence-electron chi connectivity index (χ1n) is 8.70. The Kier molecular flexibility index (Phi) is 4.34. The number of carbonyl (C=O) groups is 1. The van der Waals surface area contributed by atoms with Crippen molar-refractivity contribution in [2.24, 2.45) is 11.3 Å². The highest BCUT2D eigenvalue weighted by Gasteiger charge is 2.58. The molecule has 0 aromatic heterocycles. The molecule has 0 aromatic rings. The van der Waals surface area contributed by atoms with E-state index in [0.29, 0.717) is 23.3 Å². The quantitative estimate of drug-likeness (QED) is 0.842. The van der Waals surface area contributed by atoms with E-state index in [2.05, 4.69) is 17.3 Å². The van der Waals surface area contributed by atoms with Gasteiger partial charge in [-0.1, -0.05) is 32.1 Å². The number of nitrogens with one attached hydrogen (secondary N) is 1. The van der Waals surface area contributed by atoms with Crippen LogP contribution in [0.2, 0.25) is 0 Å². The number of piperidine rings is 1. The minimum Gasteiger partial charge on any atom is -0.343 e. The fourth-order valence-corrected chi connectivity index (χ4v) is 4.42. The minimum absolute atomic E-state index is 0.347. The second-order valence-corrected chi connectivity index (χ2v) is 7.32. The Morgan fingerprint density at radius 1 is 1.05 bits per heavy atom. The number of hydrogen-bond acceptors (Lipinski definition) is 2. The molecular weight excluding hydrogens is 248 g/mol. The van der Waals surface area contributed by atoms with E-state index in [0.717, 1.165) is 19.5 Å². The molecule has 1 aliphatic heterocycles. The summed E-state index contributed by atoms with van der Waals surface area (Å²) in [4.78, 5) is 14.9. The normalized spacial score (nSPS) is 30.6. The van der Waals surface area contributed by atoms with Crippen LogP contribution in [0.1, 0.15) is 64.2 Å². The average Bonchev–Trinajstić information content (AvgIpc) is 3.11. The molecule has 2 aliphatic carbocycles. The highest BCUT2D eigenvalue weighted by Crippen LogP contribution is 2.59. The molecule has 1 amide bonds. The van der Waals surface area contributed by atoms with Gasteiger partial charge in [0.05, 0.1) is 0 Å². The third-order valence-electron chi connectivity index (χ3n) is 6.06. The first kappa shape index (κ1) is 14.4. The summed E-state index contributed by atoms with van der Waals surface area (Å²) in [7, 11) is 2.07. The minimum atomic E-state index is 0.347. The SMILES string of the molecule is CN(C(=O)C1CC12CCNCC2)C1CCCCCCC1. The predicted molar refractivity (Wildman–Crippen MR) is 81.5 cm³/mol. The second kappa shape index (κ2) is 6.05. The molecule has 1 unspecified atom stereocenters. The van der Waals surface area contributed by atoms with Crippen LogP contribution in [0.3, 0.4) is 0 Å². The van der Waals surface area contributed by atoms with Gasteiger partial charge >= 0.3 is 0 Å². The van der Waals surface area contributed by atoms with E-state index in [4.69, 9.17) is 0 Å². The summed E-state index contributed by atoms with van der Waals surface area (Å²) >= 11 is 0. The third-order valence-corrected chi connectivity index (χ3v) is 6.06. The summed E-state index contributed by atoms with van der Waals surface area (Å²) in [6, 6.07) is 0.516. The number of nitrogens with zero attached hydrogens (tertiary/aromatic N) is 1. The van der Waals surface area contributed by atoms with Crippen molar-refractivity contribution in [3.05, 3.63) is 0 Å². The largest absolute Gasteiger partial charge is 0.343 e. The van der Waals surface area contributed by atoms with Gasteiger partial charge in [0.25, 0.3) is 0 Å². The molecule has 2 saturated carbocycles. The van der Waals surface area contributed by atoms with E-state index >= 15 is 0 Å². The lowest BCUT2D eigenvalue weighted by Crippen LogP contribution is -2.40. The van der Waals surface area contributed by atoms with Crippen LogP contribution in [0.4, 0.5) is 0 Å². The van der Waals surface area contributed by atoms with E-state index in [-0.39, 0.29) is 0 Å². The lowest BCUT2D eigenvalue weighted by atomic mass is 9.91. The Bertz CT molecular complexity index is 341. The van der Waals surface area contributed by atoms with E-state index in [1.807, 2.05) is 0 Å². The molecule has 114 valence electrons. The van der Waals surface area contributed by atoms with Crippen molar-refractivity contribution >= 4 is 5.91 Å². The molecule has 1 N–H and O–H groups in total. The molecule has 3 heteroatoms. The van der Waals surface area contributed by atoms with Crippen LogP contribution in [0.25, 0.3) is 0 Å². The van der Waals surface area contributed by atoms with Crippen LogP contribution >= 0.6 is 0 Å². The van der Waals surface area contributed by atoms with Crippen LogP contribution in [0, 0.1) is 11.3 Å². The summed E-state index contributed by atoms with van der Waals surface area (Å²) in [5.41, 5.74) is 0.387. The molecule has 1 spiro atoms. The average molecular weight is 278 g/mol. The van der Waals surface area contributed by atoms with Gasteiger partial charge in [-0.25, -0.2) is 0 Å². The Labute approximate surface area is 123 Å². The molecular formula is C17H30N2O. The van der Waals surface area contributed by atoms with E-state index in [1.54, 1.807) is 0 Å². The van der Waals surface area contributed by atoms with Crippen LogP contribution in [0.15, 0.2) is 0 Å². The van der Waals surface area contributed by atoms with Crippen molar-refractivity contribution < 1.29 is 4.79 Å². The Balaban J connectivity index is 1.56. The molecule has 3 rings (SSSR count). The summed E-state index contributed by atoms with van der Waals surface area (Å²) in [5, 5.41) is 3.42. The Morgan fingerprint density at radius 2 is 1.65 bits per heavy atom. The van der Waals surface area contributed by atoms with Crippen LogP contribution in [-0.2, 0) is 4.79 Å². The molecule has 0 radical (unpaired) electrons. The van der Waals surface area contributed by atoms with Gasteiger partial charge in [-0.15, -0.1) is 0 Å². The monoisotopic (exact) mass is 278 g/mol. The van der Waals surface area contributed by atoms with Gasteiger partial charge in [-0.2, -0.15) is 0 Å². The standard InChI is InChI=1S/C17H30N2O/c1-19(14-7-5-3-2-4-6-8-14)16(20)15-13-17(15)9-11-18-12-10-17/h14-15,18H,2-13H2,1H3. The Morgan fingerprint density at radius 3 is 2.30 bits per heavy atom. The van der Waals surface area contributed by atoms with Gasteiger partial charge in [-0.3, -0.25) is 4.79 Å². The highest BCUT2D eigenvalue weighted by atomic mass is 16.2. The van der Waals surface area contributed by atoms with Crippen molar-refractivity contribution in [3.63, 3.8) is 0 Å². The molecule has 1 atom stereocenters. The smallest absolute Gasteiger partial charge is 0.226 e. The first-order valence-corrected chi connectivity index (χ1v) is 8.70. The zero-order valence-electron chi connectivity index (χ0n) is 13.0. The number of rotatable bonds is 2. The maximum absolute atomic E-state index is 12.8. The van der Waals surface area contributed by atoms with Gasteiger partial charge in [0.15, 0.2) is 0 Å². The van der Waals surface area contributed by atoms with Crippen LogP contribution < -0.4 is 5.32 Å². The maximum atomic E-state index is 12.8. The van der Waals surface area contributed by atoms with E-state index in [1.165, 1.54) is 57.8 Å². The molecule has 20 heavy (non-hydrogen) atoms. The lowest BCUT2D eigenvalue weighted by Gasteiger charge is -2.31. The highest BCUT2D eigenvalue weighted by molar-refractivity contribution is 5.82. The summed E-state index contributed by atoms with van der Waals surface area (Å²) in [6.45, 7) is 2.22. The van der Waals surface area contributed by atoms with Gasteiger partial charge in [-0.05, 0) is 50.6 Å². The van der Waals surface area contributed by atoms with Gasteiger partial charge < -0.3 is 10.2 Å². The van der Waals surface area contributed by atoms with Crippen LogP contribution in [0.5, 0.6) is 0 Å². The topological polar surface area (TPSA) is 32.3 Å². The van der Waals surface area contributed by atoms with Crippen molar-refractivity contribution in [2.75, 3.05) is 20.1 Å². The molecule has 0 aromatic carbocycles. The first-order chi connectivity index (χ1) is 9.73. The molecule has 3 fully saturated rings. The number of carbonyl (C=O) groups excluding carboxylic acids is 1. The lowest BCUT2D eigenvalue weighted by molar-refractivity contribution is -0.134. The van der Waals surface area contributed by atoms with E-state index in [9.17, 15) is 4.79 Å². The fourth-order valence-electron chi connectivity index (χ4n) is 4.42. The summed E-state index contributed by atoms with van der Waals surface area (Å²) in [6.07, 6.45) is 12.8. The molecule has 1 heterocycles.